The summed E-state index contributed by atoms with van der Waals surface area (Å²) in [5.41, 5.74) is 5.76. The molecule has 2 aliphatic heterocycles. The number of phenolic OH excluding ortho intramolecular Hbond substituents is 1. The summed E-state index contributed by atoms with van der Waals surface area (Å²) in [6, 6.07) is 1.44. The number of aliphatic carboxylic acids is 1. The number of primary amides is 1. The van der Waals surface area contributed by atoms with Crippen LogP contribution in [0.25, 0.3) is 0 Å². The Balaban J connectivity index is 0.00000451. The number of tetrazole rings is 1. The number of fused-ring (bicyclic) bond motifs is 1. The summed E-state index contributed by atoms with van der Waals surface area (Å²) in [7, 11) is 1.63. The first kappa shape index (κ1) is 35.2. The van der Waals surface area contributed by atoms with Crippen molar-refractivity contribution in [2.75, 3.05) is 28.3 Å². The van der Waals surface area contributed by atoms with Crippen LogP contribution in [-0.2, 0) is 21.4 Å². The van der Waals surface area contributed by atoms with E-state index in [1.807, 2.05) is 0 Å². The third-order valence-electron chi connectivity index (χ3n) is 7.70. The van der Waals surface area contributed by atoms with Gasteiger partial charge in [-0.25, -0.2) is 14.5 Å². The SMILES string of the molecule is Cn1nnnc1SCC1=C(C(=O)[O-])N2C(=O)C(NC(=O)C(c3ccc(O)cc3)N(C(N)=O)c3cnc(NCC4CC4)nc3O)[C@@H]2SC1.[Na+]. The Bertz CT molecular complexity index is 1770. The predicted molar refractivity (Wildman–Crippen MR) is 164 cm³/mol. The summed E-state index contributed by atoms with van der Waals surface area (Å²) in [4.78, 5) is 62.5. The van der Waals surface area contributed by atoms with Crippen LogP contribution in [-0.4, -0.2) is 98.6 Å². The van der Waals surface area contributed by atoms with Crippen LogP contribution in [0.4, 0.5) is 16.4 Å². The van der Waals surface area contributed by atoms with E-state index < -0.39 is 47.2 Å². The van der Waals surface area contributed by atoms with E-state index in [0.29, 0.717) is 23.2 Å². The monoisotopic (exact) mass is 705 g/mol. The fraction of sp³-hybridized carbons (Fsp3) is 0.370. The number of rotatable bonds is 12. The van der Waals surface area contributed by atoms with Crippen LogP contribution in [0.2, 0.25) is 0 Å². The molecule has 48 heavy (non-hydrogen) atoms. The molecule has 2 fully saturated rings. The van der Waals surface area contributed by atoms with Gasteiger partial charge in [-0.1, -0.05) is 23.9 Å². The number of aryl methyl sites for hydroxylation is 1. The van der Waals surface area contributed by atoms with Crippen molar-refractivity contribution in [3.8, 4) is 11.6 Å². The van der Waals surface area contributed by atoms with Gasteiger partial charge in [0.15, 0.2) is 0 Å². The van der Waals surface area contributed by atoms with Crippen LogP contribution in [0.5, 0.6) is 11.6 Å². The summed E-state index contributed by atoms with van der Waals surface area (Å²) >= 11 is 2.43. The normalized spacial score (nSPS) is 19.0. The van der Waals surface area contributed by atoms with Crippen LogP contribution in [0.1, 0.15) is 24.4 Å². The number of β-lactam (4-membered cyclic amide) rings is 1. The van der Waals surface area contributed by atoms with Gasteiger partial charge in [-0.2, -0.15) is 4.98 Å². The molecule has 2 unspecified atom stereocenters. The number of carboxylic acid groups (broad SMARTS) is 1. The minimum atomic E-state index is -1.56. The number of hydrogen-bond donors (Lipinski definition) is 5. The molecule has 1 aromatic carbocycles. The maximum absolute atomic E-state index is 14.0. The van der Waals surface area contributed by atoms with E-state index in [-0.39, 0.29) is 69.7 Å². The number of phenols is 1. The third-order valence-corrected chi connectivity index (χ3v) is 10.1. The maximum atomic E-state index is 14.0. The van der Waals surface area contributed by atoms with Crippen LogP contribution < -0.4 is 55.9 Å². The Morgan fingerprint density at radius 2 is 1.96 bits per heavy atom. The first-order valence-electron chi connectivity index (χ1n) is 14.2. The summed E-state index contributed by atoms with van der Waals surface area (Å²) < 4.78 is 1.43. The molecule has 6 rings (SSSR count). The number of benzene rings is 1. The average Bonchev–Trinajstić information content (AvgIpc) is 3.79. The number of amides is 4. The van der Waals surface area contributed by atoms with Crippen LogP contribution in [0, 0.1) is 5.92 Å². The fourth-order valence-electron chi connectivity index (χ4n) is 5.15. The number of nitrogens with two attached hydrogens (primary N) is 1. The molecule has 0 spiro atoms. The average molecular weight is 706 g/mol. The van der Waals surface area contributed by atoms with Gasteiger partial charge in [0, 0.05) is 25.1 Å². The number of thioether (sulfide) groups is 2. The number of carbonyl (C=O) groups is 4. The van der Waals surface area contributed by atoms with Crippen molar-refractivity contribution < 1.29 is 64.1 Å². The number of hydrogen-bond acceptors (Lipinski definition) is 15. The Labute approximate surface area is 303 Å². The molecular weight excluding hydrogens is 677 g/mol. The van der Waals surface area contributed by atoms with Gasteiger partial charge in [0.2, 0.25) is 22.9 Å². The van der Waals surface area contributed by atoms with Crippen LogP contribution in [0.15, 0.2) is 46.9 Å². The fourth-order valence-corrected chi connectivity index (χ4v) is 7.48. The van der Waals surface area contributed by atoms with Crippen molar-refractivity contribution >= 4 is 59.0 Å². The molecule has 1 saturated heterocycles. The van der Waals surface area contributed by atoms with Crippen molar-refractivity contribution in [1.29, 1.82) is 0 Å². The van der Waals surface area contributed by atoms with Gasteiger partial charge >= 0.3 is 35.6 Å². The molecule has 0 bridgehead atoms. The standard InChI is InChI=1S/C27H29N11O7S2.Na/c1-36-27(33-34-35-36)47-11-14-10-46-23-17(22(42)38(23)19(14)24(43)44)31-21(41)18(13-4-6-15(39)7-5-13)37(25(28)45)16-9-30-26(32-20(16)40)29-8-12-2-3-12;/h4-7,9,12,17-18,23,39H,2-3,8,10-11H2,1H3,(H2,28,45)(H,31,41)(H,43,44)(H2,29,30,32,40);/q;+1/p-1/t17?,18?,23-;/m0./s1. The number of nitrogens with one attached hydrogen (secondary N) is 2. The summed E-state index contributed by atoms with van der Waals surface area (Å²) in [6.45, 7) is 0.608. The van der Waals surface area contributed by atoms with Crippen molar-refractivity contribution in [2.45, 2.75) is 35.5 Å². The molecule has 1 saturated carbocycles. The van der Waals surface area contributed by atoms with Crippen molar-refractivity contribution in [1.82, 2.24) is 40.4 Å². The maximum Gasteiger partial charge on any atom is 1.00 e. The second-order valence-corrected chi connectivity index (χ2v) is 13.0. The van der Waals surface area contributed by atoms with Gasteiger partial charge in [0.1, 0.15) is 28.9 Å². The molecule has 246 valence electrons. The Morgan fingerprint density at radius 1 is 1.23 bits per heavy atom. The summed E-state index contributed by atoms with van der Waals surface area (Å²) in [5.74, 6) is -2.89. The Morgan fingerprint density at radius 3 is 2.56 bits per heavy atom. The topological polar surface area (TPSA) is 258 Å². The van der Waals surface area contributed by atoms with E-state index in [9.17, 15) is 34.5 Å². The van der Waals surface area contributed by atoms with Gasteiger partial charge in [-0.15, -0.1) is 16.9 Å². The van der Waals surface area contributed by atoms with E-state index in [1.54, 1.807) is 7.05 Å². The number of anilines is 2. The number of aromatic hydroxyl groups is 2. The zero-order chi connectivity index (χ0) is 33.4. The van der Waals surface area contributed by atoms with Gasteiger partial charge in [-0.05, 0) is 52.5 Å². The minimum absolute atomic E-state index is 0. The summed E-state index contributed by atoms with van der Waals surface area (Å²) in [5, 5.41) is 49.3. The second kappa shape index (κ2) is 14.6. The largest absolute Gasteiger partial charge is 1.00 e. The number of nitrogens with zero attached hydrogens (tertiary/aromatic N) is 8. The van der Waals surface area contributed by atoms with Crippen molar-refractivity contribution in [3.63, 3.8) is 0 Å². The van der Waals surface area contributed by atoms with E-state index >= 15 is 0 Å². The van der Waals surface area contributed by atoms with Crippen molar-refractivity contribution in [2.24, 2.45) is 18.7 Å². The first-order valence-corrected chi connectivity index (χ1v) is 16.3. The molecule has 4 amide bonds. The number of carbonyl (C=O) groups excluding carboxylic acids is 4. The van der Waals surface area contributed by atoms with Gasteiger partial charge < -0.3 is 36.5 Å². The third kappa shape index (κ3) is 7.16. The Hall–Kier alpha value is -4.11. The molecule has 18 nitrogen and oxygen atoms in total. The van der Waals surface area contributed by atoms with Crippen LogP contribution in [0.3, 0.4) is 0 Å². The quantitative estimate of drug-likeness (QED) is 0.0685. The van der Waals surface area contributed by atoms with Crippen LogP contribution >= 0.6 is 23.5 Å². The number of carboxylic acids is 1. The van der Waals surface area contributed by atoms with Gasteiger partial charge in [-0.3, -0.25) is 19.4 Å². The van der Waals surface area contributed by atoms with Gasteiger partial charge in [0.25, 0.3) is 5.91 Å². The molecule has 0 radical (unpaired) electrons. The molecule has 3 aliphatic rings. The molecule has 21 heteroatoms. The zero-order valence-electron chi connectivity index (χ0n) is 25.6. The molecule has 4 heterocycles. The van der Waals surface area contributed by atoms with Gasteiger partial charge in [0.05, 0.1) is 17.9 Å². The van der Waals surface area contributed by atoms with E-state index in [4.69, 9.17) is 5.73 Å². The molecule has 2 aromatic heterocycles. The predicted octanol–water partition coefficient (Wildman–Crippen LogP) is -3.94. The molecule has 1 aliphatic carbocycles. The minimum Gasteiger partial charge on any atom is -0.543 e. The first-order chi connectivity index (χ1) is 22.5. The molecule has 6 N–H and O–H groups in total. The summed E-state index contributed by atoms with van der Waals surface area (Å²) in [6.07, 6.45) is 3.29. The van der Waals surface area contributed by atoms with Crippen molar-refractivity contribution in [3.05, 3.63) is 47.3 Å². The smallest absolute Gasteiger partial charge is 0.543 e. The second-order valence-electron chi connectivity index (χ2n) is 10.9. The van der Waals surface area contributed by atoms with E-state index in [0.717, 1.165) is 28.8 Å². The number of urea groups is 1. The molecule has 3 aromatic rings. The molecular formula is C27H28N11NaO7S2. The van der Waals surface area contributed by atoms with E-state index in [2.05, 4.69) is 36.1 Å². The molecule has 3 atom stereocenters. The van der Waals surface area contributed by atoms with E-state index in [1.165, 1.54) is 52.5 Å². The zero-order valence-corrected chi connectivity index (χ0v) is 29.3. The Kier molecular flexibility index (Phi) is 10.7. The number of aromatic nitrogens is 6.